The Balaban J connectivity index is 1.95. The summed E-state index contributed by atoms with van der Waals surface area (Å²) < 4.78 is 1.56. The van der Waals surface area contributed by atoms with Gasteiger partial charge in [0.25, 0.3) is 5.56 Å². The summed E-state index contributed by atoms with van der Waals surface area (Å²) in [5, 5.41) is 0.577. The molecule has 1 saturated heterocycles. The second-order valence-electron chi connectivity index (χ2n) is 6.44. The first-order valence-corrected chi connectivity index (χ1v) is 8.93. The van der Waals surface area contributed by atoms with Gasteiger partial charge in [-0.05, 0) is 37.8 Å². The minimum absolute atomic E-state index is 0.0374. The van der Waals surface area contributed by atoms with E-state index in [1.54, 1.807) is 10.6 Å². The average Bonchev–Trinajstić information content (AvgIpc) is 2.63. The molecule has 0 bridgehead atoms. The van der Waals surface area contributed by atoms with Crippen LogP contribution >= 0.6 is 0 Å². The van der Waals surface area contributed by atoms with Crippen molar-refractivity contribution in [3.05, 3.63) is 40.4 Å². The summed E-state index contributed by atoms with van der Waals surface area (Å²) in [6, 6.07) is 7.64. The van der Waals surface area contributed by atoms with Gasteiger partial charge in [0, 0.05) is 19.0 Å². The highest BCUT2D eigenvalue weighted by atomic mass is 16.2. The van der Waals surface area contributed by atoms with Gasteiger partial charge in [-0.3, -0.25) is 14.2 Å². The molecule has 1 amide bonds. The predicted octanol–water partition coefficient (Wildman–Crippen LogP) is 2.75. The normalized spacial score (nSPS) is 18.1. The highest BCUT2D eigenvalue weighted by Gasteiger charge is 2.26. The number of aryl methyl sites for hydroxylation is 1. The second kappa shape index (κ2) is 7.16. The minimum Gasteiger partial charge on any atom is -0.338 e. The fourth-order valence-corrected chi connectivity index (χ4v) is 3.63. The first-order chi connectivity index (χ1) is 11.7. The molecule has 3 rings (SSSR count). The number of hydrogen-bond donors (Lipinski definition) is 0. The van der Waals surface area contributed by atoms with E-state index < -0.39 is 0 Å². The second-order valence-corrected chi connectivity index (χ2v) is 6.44. The van der Waals surface area contributed by atoms with Gasteiger partial charge in [-0.2, -0.15) is 0 Å². The van der Waals surface area contributed by atoms with Gasteiger partial charge in [-0.15, -0.1) is 0 Å². The third kappa shape index (κ3) is 3.07. The molecule has 0 saturated carbocycles. The molecule has 1 aliphatic rings. The van der Waals surface area contributed by atoms with Crippen LogP contribution in [0.15, 0.2) is 29.1 Å². The molecule has 0 radical (unpaired) electrons. The monoisotopic (exact) mass is 327 g/mol. The molecule has 2 aromatic rings. The zero-order chi connectivity index (χ0) is 17.1. The van der Waals surface area contributed by atoms with Gasteiger partial charge < -0.3 is 4.90 Å². The molecule has 0 aliphatic carbocycles. The van der Waals surface area contributed by atoms with Gasteiger partial charge in [0.05, 0.1) is 10.9 Å². The molecule has 1 aliphatic heterocycles. The van der Waals surface area contributed by atoms with Crippen LogP contribution in [0.25, 0.3) is 10.9 Å². The fraction of sp³-hybridized carbons (Fsp3) is 0.526. The Morgan fingerprint density at radius 2 is 2.04 bits per heavy atom. The Labute approximate surface area is 142 Å². The topological polar surface area (TPSA) is 55.2 Å². The summed E-state index contributed by atoms with van der Waals surface area (Å²) in [5.74, 6) is 0.715. The third-order valence-electron chi connectivity index (χ3n) is 4.97. The molecule has 5 heteroatoms. The van der Waals surface area contributed by atoms with Crippen LogP contribution < -0.4 is 5.56 Å². The molecule has 1 fully saturated rings. The maximum Gasteiger partial charge on any atom is 0.261 e. The van der Waals surface area contributed by atoms with Crippen LogP contribution in [-0.2, 0) is 17.8 Å². The number of rotatable bonds is 4. The zero-order valence-corrected chi connectivity index (χ0v) is 14.5. The summed E-state index contributed by atoms with van der Waals surface area (Å²) in [4.78, 5) is 32.2. The third-order valence-corrected chi connectivity index (χ3v) is 4.97. The molecule has 1 aromatic heterocycles. The number of carbonyl (C=O) groups is 1. The zero-order valence-electron chi connectivity index (χ0n) is 14.5. The number of para-hydroxylation sites is 1. The molecule has 128 valence electrons. The Morgan fingerprint density at radius 3 is 2.79 bits per heavy atom. The Bertz CT molecular complexity index is 797. The first-order valence-electron chi connectivity index (χ1n) is 8.93. The van der Waals surface area contributed by atoms with Crippen molar-refractivity contribution >= 4 is 16.8 Å². The van der Waals surface area contributed by atoms with E-state index in [1.807, 2.05) is 30.0 Å². The van der Waals surface area contributed by atoms with E-state index in [0.29, 0.717) is 29.2 Å². The lowest BCUT2D eigenvalue weighted by Crippen LogP contribution is -2.46. The molecule has 1 aromatic carbocycles. The van der Waals surface area contributed by atoms with Crippen LogP contribution in [0.5, 0.6) is 0 Å². The molecule has 0 unspecified atom stereocenters. The minimum atomic E-state index is -0.115. The Kier molecular flexibility index (Phi) is 4.97. The van der Waals surface area contributed by atoms with Crippen LogP contribution in [0.4, 0.5) is 0 Å². The molecule has 1 atom stereocenters. The van der Waals surface area contributed by atoms with Gasteiger partial charge in [-0.25, -0.2) is 4.98 Å². The van der Waals surface area contributed by atoms with E-state index in [4.69, 9.17) is 0 Å². The predicted molar refractivity (Wildman–Crippen MR) is 95.0 cm³/mol. The number of benzene rings is 1. The van der Waals surface area contributed by atoms with Gasteiger partial charge in [0.15, 0.2) is 0 Å². The van der Waals surface area contributed by atoms with Crippen molar-refractivity contribution in [3.63, 3.8) is 0 Å². The van der Waals surface area contributed by atoms with Crippen LogP contribution in [0, 0.1) is 0 Å². The van der Waals surface area contributed by atoms with E-state index in [2.05, 4.69) is 11.9 Å². The van der Waals surface area contributed by atoms with Crippen molar-refractivity contribution in [1.82, 2.24) is 14.5 Å². The van der Waals surface area contributed by atoms with Crippen molar-refractivity contribution in [2.75, 3.05) is 6.54 Å². The highest BCUT2D eigenvalue weighted by Crippen LogP contribution is 2.20. The van der Waals surface area contributed by atoms with Crippen molar-refractivity contribution in [2.24, 2.45) is 0 Å². The van der Waals surface area contributed by atoms with E-state index >= 15 is 0 Å². The van der Waals surface area contributed by atoms with Crippen molar-refractivity contribution in [1.29, 1.82) is 0 Å². The fourth-order valence-electron chi connectivity index (χ4n) is 3.63. The summed E-state index contributed by atoms with van der Waals surface area (Å²) in [6.45, 7) is 4.98. The average molecular weight is 327 g/mol. The summed E-state index contributed by atoms with van der Waals surface area (Å²) >= 11 is 0. The lowest BCUT2D eigenvalue weighted by molar-refractivity contribution is -0.135. The van der Waals surface area contributed by atoms with E-state index in [0.717, 1.165) is 25.8 Å². The summed E-state index contributed by atoms with van der Waals surface area (Å²) in [5.41, 5.74) is 0.586. The molecular weight excluding hydrogens is 302 g/mol. The SMILES string of the molecule is CCc1nc2ccccc2c(=O)n1CC(=O)N1CCCC[C@@H]1CC. The molecule has 0 spiro atoms. The number of carbonyl (C=O) groups excluding carboxylic acids is 1. The summed E-state index contributed by atoms with van der Waals surface area (Å²) in [7, 11) is 0. The van der Waals surface area contributed by atoms with E-state index in [-0.39, 0.29) is 18.0 Å². The van der Waals surface area contributed by atoms with Crippen LogP contribution in [0.1, 0.15) is 45.4 Å². The number of amides is 1. The van der Waals surface area contributed by atoms with Gasteiger partial charge in [0.2, 0.25) is 5.91 Å². The van der Waals surface area contributed by atoms with Crippen LogP contribution in [0.2, 0.25) is 0 Å². The lowest BCUT2D eigenvalue weighted by Gasteiger charge is -2.35. The highest BCUT2D eigenvalue weighted by molar-refractivity contribution is 5.79. The molecule has 24 heavy (non-hydrogen) atoms. The lowest BCUT2D eigenvalue weighted by atomic mass is 10.00. The van der Waals surface area contributed by atoms with Gasteiger partial charge in [-0.1, -0.05) is 26.0 Å². The number of aromatic nitrogens is 2. The van der Waals surface area contributed by atoms with E-state index in [1.165, 1.54) is 6.42 Å². The number of fused-ring (bicyclic) bond motifs is 1. The number of likely N-dealkylation sites (tertiary alicyclic amines) is 1. The smallest absolute Gasteiger partial charge is 0.261 e. The molecule has 0 N–H and O–H groups in total. The van der Waals surface area contributed by atoms with Crippen molar-refractivity contribution in [3.8, 4) is 0 Å². The van der Waals surface area contributed by atoms with Gasteiger partial charge >= 0.3 is 0 Å². The number of piperidine rings is 1. The standard InChI is InChI=1S/C19H25N3O2/c1-3-14-9-7-8-12-21(14)18(23)13-22-17(4-2)20-16-11-6-5-10-15(16)19(22)24/h5-6,10-11,14H,3-4,7-9,12-13H2,1-2H3/t14-/m0/s1. The van der Waals surface area contributed by atoms with Gasteiger partial charge in [0.1, 0.15) is 12.4 Å². The summed E-state index contributed by atoms with van der Waals surface area (Å²) in [6.07, 6.45) is 4.89. The molecule has 2 heterocycles. The molecule has 5 nitrogen and oxygen atoms in total. The number of hydrogen-bond acceptors (Lipinski definition) is 3. The first kappa shape index (κ1) is 16.7. The van der Waals surface area contributed by atoms with Crippen LogP contribution in [0.3, 0.4) is 0 Å². The number of nitrogens with zero attached hydrogens (tertiary/aromatic N) is 3. The van der Waals surface area contributed by atoms with Crippen LogP contribution in [-0.4, -0.2) is 32.9 Å². The maximum absolute atomic E-state index is 12.8. The Morgan fingerprint density at radius 1 is 1.25 bits per heavy atom. The molecular formula is C19H25N3O2. The van der Waals surface area contributed by atoms with Crippen molar-refractivity contribution < 1.29 is 4.79 Å². The maximum atomic E-state index is 12.8. The van der Waals surface area contributed by atoms with E-state index in [9.17, 15) is 9.59 Å². The largest absolute Gasteiger partial charge is 0.338 e. The van der Waals surface area contributed by atoms with Crippen molar-refractivity contribution in [2.45, 2.75) is 58.5 Å². The quantitative estimate of drug-likeness (QED) is 0.867. The Hall–Kier alpha value is -2.17.